The van der Waals surface area contributed by atoms with Crippen LogP contribution in [0.15, 0.2) is 30.6 Å². The van der Waals surface area contributed by atoms with E-state index in [0.29, 0.717) is 11.5 Å². The Kier molecular flexibility index (Phi) is 5.26. The Bertz CT molecular complexity index is 1170. The number of nitrogen functional groups attached to an aromatic ring is 1. The molecule has 5 rings (SSSR count). The average molecular weight is 434 g/mol. The quantitative estimate of drug-likeness (QED) is 0.573. The summed E-state index contributed by atoms with van der Waals surface area (Å²) in [6.07, 6.45) is 9.11. The largest absolute Gasteiger partial charge is 0.497 e. The first-order valence-electron chi connectivity index (χ1n) is 11.0. The second kappa shape index (κ2) is 8.23. The summed E-state index contributed by atoms with van der Waals surface area (Å²) in [6.45, 7) is 0. The molecule has 1 aromatic carbocycles. The van der Waals surface area contributed by atoms with Crippen molar-refractivity contribution in [3.05, 3.63) is 47.3 Å². The summed E-state index contributed by atoms with van der Waals surface area (Å²) < 4.78 is 6.82. The van der Waals surface area contributed by atoms with Crippen LogP contribution in [0.2, 0.25) is 0 Å². The van der Waals surface area contributed by atoms with Gasteiger partial charge in [0, 0.05) is 30.0 Å². The third-order valence-electron chi connectivity index (χ3n) is 6.41. The lowest BCUT2D eigenvalue weighted by Crippen LogP contribution is -2.49. The lowest BCUT2D eigenvalue weighted by atomic mass is 9.90. The molecule has 0 radical (unpaired) electrons. The smallest absolute Gasteiger partial charge is 0.256 e. The molecule has 2 aromatic heterocycles. The number of ether oxygens (including phenoxy) is 1. The van der Waals surface area contributed by atoms with Gasteiger partial charge in [0.2, 0.25) is 0 Å². The van der Waals surface area contributed by atoms with Crippen LogP contribution in [0, 0.1) is 0 Å². The van der Waals surface area contributed by atoms with Gasteiger partial charge >= 0.3 is 0 Å². The number of methoxy groups -OCH3 is 1. The number of hydrogen-bond acceptors (Lipinski definition) is 7. The van der Waals surface area contributed by atoms with E-state index in [1.165, 1.54) is 10.2 Å². The molecule has 3 aromatic rings. The van der Waals surface area contributed by atoms with Crippen LogP contribution in [0.25, 0.3) is 17.2 Å². The molecular weight excluding hydrogens is 406 g/mol. The number of hydrogen-bond donors (Lipinski definition) is 3. The number of nitrogens with one attached hydrogen (secondary N) is 1. The molecule has 166 valence electrons. The molecule has 9 heteroatoms. The lowest BCUT2D eigenvalue weighted by Gasteiger charge is -2.29. The van der Waals surface area contributed by atoms with Crippen LogP contribution in [0.1, 0.15) is 47.2 Å². The highest BCUT2D eigenvalue weighted by molar-refractivity contribution is 5.98. The highest BCUT2D eigenvalue weighted by atomic mass is 16.5. The normalized spacial score (nSPS) is 19.7. The number of aromatic nitrogens is 4. The summed E-state index contributed by atoms with van der Waals surface area (Å²) in [4.78, 5) is 22.1. The molecule has 0 aliphatic heterocycles. The van der Waals surface area contributed by atoms with Crippen LogP contribution in [0.5, 0.6) is 5.75 Å². The van der Waals surface area contributed by atoms with Crippen LogP contribution in [-0.2, 0) is 12.8 Å². The van der Waals surface area contributed by atoms with Crippen molar-refractivity contribution in [1.82, 2.24) is 25.1 Å². The third kappa shape index (κ3) is 3.69. The Morgan fingerprint density at radius 3 is 2.84 bits per heavy atom. The van der Waals surface area contributed by atoms with Gasteiger partial charge in [-0.2, -0.15) is 0 Å². The number of fused-ring (bicyclic) bond motifs is 3. The molecule has 0 spiro atoms. The van der Waals surface area contributed by atoms with Crippen molar-refractivity contribution in [3.63, 3.8) is 0 Å². The molecular formula is C23H27N7O2. The Hall–Kier alpha value is -3.46. The van der Waals surface area contributed by atoms with Crippen molar-refractivity contribution in [2.75, 3.05) is 12.8 Å². The second-order valence-electron chi connectivity index (χ2n) is 8.47. The van der Waals surface area contributed by atoms with Crippen molar-refractivity contribution in [2.24, 2.45) is 5.73 Å². The molecule has 9 nitrogen and oxygen atoms in total. The van der Waals surface area contributed by atoms with E-state index >= 15 is 0 Å². The molecule has 2 aliphatic rings. The number of rotatable bonds is 4. The number of benzene rings is 1. The topological polar surface area (TPSA) is 134 Å². The molecule has 0 saturated heterocycles. The van der Waals surface area contributed by atoms with Crippen LogP contribution in [0.3, 0.4) is 0 Å². The maximum absolute atomic E-state index is 12.8. The number of aryl methyl sites for hydroxylation is 2. The minimum atomic E-state index is -0.272. The van der Waals surface area contributed by atoms with Gasteiger partial charge in [0.1, 0.15) is 11.3 Å². The van der Waals surface area contributed by atoms with Gasteiger partial charge in [0.25, 0.3) is 11.9 Å². The minimum Gasteiger partial charge on any atom is -0.497 e. The van der Waals surface area contributed by atoms with E-state index in [2.05, 4.69) is 15.4 Å². The van der Waals surface area contributed by atoms with Gasteiger partial charge in [-0.1, -0.05) is 12.8 Å². The van der Waals surface area contributed by atoms with E-state index in [-0.39, 0.29) is 23.8 Å². The van der Waals surface area contributed by atoms with E-state index < -0.39 is 0 Å². The monoisotopic (exact) mass is 433 g/mol. The molecule has 2 heterocycles. The lowest BCUT2D eigenvalue weighted by molar-refractivity contribution is 0.0922. The molecule has 1 amide bonds. The maximum Gasteiger partial charge on any atom is 0.256 e. The molecule has 5 N–H and O–H groups in total. The molecule has 1 saturated carbocycles. The summed E-state index contributed by atoms with van der Waals surface area (Å²) in [5, 5.41) is 7.32. The van der Waals surface area contributed by atoms with E-state index in [4.69, 9.17) is 21.2 Å². The predicted octanol–water partition coefficient (Wildman–Crippen LogP) is 2.02. The molecule has 1 fully saturated rings. The number of nitrogens with two attached hydrogens (primary N) is 2. The first kappa shape index (κ1) is 20.4. The fourth-order valence-electron chi connectivity index (χ4n) is 4.58. The summed E-state index contributed by atoms with van der Waals surface area (Å²) in [5.41, 5.74) is 16.7. The number of anilines is 1. The molecule has 0 bridgehead atoms. The van der Waals surface area contributed by atoms with E-state index in [0.717, 1.165) is 61.1 Å². The summed E-state index contributed by atoms with van der Waals surface area (Å²) in [6, 6.07) is 5.91. The van der Waals surface area contributed by atoms with Crippen molar-refractivity contribution >= 4 is 11.7 Å². The zero-order valence-corrected chi connectivity index (χ0v) is 18.0. The highest BCUT2D eigenvalue weighted by Crippen LogP contribution is 2.34. The summed E-state index contributed by atoms with van der Waals surface area (Å²) in [5.74, 6) is 1.06. The van der Waals surface area contributed by atoms with Gasteiger partial charge in [0.05, 0.1) is 12.8 Å². The zero-order chi connectivity index (χ0) is 22.2. The minimum absolute atomic E-state index is 0.0355. The van der Waals surface area contributed by atoms with Crippen LogP contribution < -0.4 is 21.5 Å². The highest BCUT2D eigenvalue weighted by Gasteiger charge is 2.26. The zero-order valence-electron chi connectivity index (χ0n) is 18.0. The van der Waals surface area contributed by atoms with Gasteiger partial charge in [-0.25, -0.2) is 14.6 Å². The van der Waals surface area contributed by atoms with Crippen molar-refractivity contribution in [2.45, 2.75) is 50.6 Å². The number of carbonyl (C=O) groups is 1. The van der Waals surface area contributed by atoms with Crippen molar-refractivity contribution in [1.29, 1.82) is 0 Å². The Balaban J connectivity index is 1.43. The first-order valence-corrected chi connectivity index (χ1v) is 11.0. The number of nitrogens with zero attached hydrogens (tertiary/aromatic N) is 4. The van der Waals surface area contributed by atoms with Crippen molar-refractivity contribution < 1.29 is 9.53 Å². The number of carbonyl (C=O) groups excluding carboxylic acids is 1. The van der Waals surface area contributed by atoms with Gasteiger partial charge in [-0.15, -0.1) is 5.10 Å². The van der Waals surface area contributed by atoms with Crippen molar-refractivity contribution in [3.8, 4) is 23.0 Å². The average Bonchev–Trinajstić information content (AvgIpc) is 3.21. The van der Waals surface area contributed by atoms with Gasteiger partial charge in [-0.05, 0) is 55.0 Å². The van der Waals surface area contributed by atoms with Crippen LogP contribution >= 0.6 is 0 Å². The Labute approximate surface area is 186 Å². The Morgan fingerprint density at radius 1 is 1.22 bits per heavy atom. The Morgan fingerprint density at radius 2 is 2.03 bits per heavy atom. The van der Waals surface area contributed by atoms with Gasteiger partial charge in [0.15, 0.2) is 5.82 Å². The fraction of sp³-hybridized carbons (Fsp3) is 0.391. The number of amides is 1. The van der Waals surface area contributed by atoms with Crippen LogP contribution in [0.4, 0.5) is 5.82 Å². The summed E-state index contributed by atoms with van der Waals surface area (Å²) in [7, 11) is 1.66. The maximum atomic E-state index is 12.8. The van der Waals surface area contributed by atoms with Gasteiger partial charge < -0.3 is 21.5 Å². The predicted molar refractivity (Wildman–Crippen MR) is 121 cm³/mol. The van der Waals surface area contributed by atoms with E-state index in [9.17, 15) is 4.79 Å². The third-order valence-corrected chi connectivity index (χ3v) is 6.41. The molecule has 32 heavy (non-hydrogen) atoms. The SMILES string of the molecule is COc1ccc2c(c1)CCc1cnc(-n3cc(C(=O)NC4CCCCC4N)c(N)n3)nc1-2. The van der Waals surface area contributed by atoms with E-state index in [1.54, 1.807) is 13.3 Å². The standard InChI is InChI=1S/C23H27N7O2/c1-32-15-8-9-16-13(10-15)6-7-14-11-26-23(28-20(14)16)30-12-17(21(25)29-30)22(31)27-19-5-3-2-4-18(19)24/h8-12,18-19H,2-7,24H2,1H3,(H2,25,29)(H,27,31). The second-order valence-corrected chi connectivity index (χ2v) is 8.47. The molecule has 2 atom stereocenters. The van der Waals surface area contributed by atoms with Crippen LogP contribution in [-0.4, -0.2) is 44.8 Å². The molecule has 2 aliphatic carbocycles. The fourth-order valence-corrected chi connectivity index (χ4v) is 4.58. The molecule has 2 unspecified atom stereocenters. The first-order chi connectivity index (χ1) is 15.5. The summed E-state index contributed by atoms with van der Waals surface area (Å²) >= 11 is 0. The van der Waals surface area contributed by atoms with E-state index in [1.807, 2.05) is 24.4 Å². The van der Waals surface area contributed by atoms with Gasteiger partial charge in [-0.3, -0.25) is 4.79 Å².